The second-order valence-electron chi connectivity index (χ2n) is 5.22. The van der Waals surface area contributed by atoms with Crippen LogP contribution in [0.2, 0.25) is 0 Å². The predicted octanol–water partition coefficient (Wildman–Crippen LogP) is 2.17. The topological polar surface area (TPSA) is 33.7 Å². The molecular weight excluding hydrogens is 297 g/mol. The number of ether oxygens (including phenoxy) is 2. The molecule has 0 saturated carbocycles. The van der Waals surface area contributed by atoms with Crippen LogP contribution in [0.4, 0.5) is 13.2 Å². The molecule has 124 valence electrons. The molecule has 0 unspecified atom stereocenters. The number of nitrogens with zero attached hydrogens (tertiary/aromatic N) is 1. The van der Waals surface area contributed by atoms with E-state index in [4.69, 9.17) is 9.47 Å². The number of benzene rings is 1. The van der Waals surface area contributed by atoms with Gasteiger partial charge in [0.05, 0.1) is 14.2 Å². The Morgan fingerprint density at radius 3 is 2.36 bits per heavy atom. The molecule has 2 rings (SSSR count). The number of methoxy groups -OCH3 is 2. The molecule has 22 heavy (non-hydrogen) atoms. The van der Waals surface area contributed by atoms with Gasteiger partial charge in [0.2, 0.25) is 0 Å². The number of nitrogens with one attached hydrogen (secondary N) is 1. The second kappa shape index (κ2) is 7.19. The Balaban J connectivity index is 2.20. The summed E-state index contributed by atoms with van der Waals surface area (Å²) in [5, 5.41) is 3.25. The van der Waals surface area contributed by atoms with E-state index in [2.05, 4.69) is 10.2 Å². The van der Waals surface area contributed by atoms with Crippen molar-refractivity contribution in [1.29, 1.82) is 0 Å². The van der Waals surface area contributed by atoms with Crippen LogP contribution in [0, 0.1) is 0 Å². The molecular formula is C15H21F3N2O2. The van der Waals surface area contributed by atoms with Crippen molar-refractivity contribution < 1.29 is 22.6 Å². The third-order valence-corrected chi connectivity index (χ3v) is 3.77. The molecule has 7 heteroatoms. The van der Waals surface area contributed by atoms with Gasteiger partial charge >= 0.3 is 6.18 Å². The number of halogens is 3. The summed E-state index contributed by atoms with van der Waals surface area (Å²) in [6.45, 7) is 4.40. The fraction of sp³-hybridized carbons (Fsp3) is 0.600. The largest absolute Gasteiger partial charge is 0.493 e. The first-order valence-electron chi connectivity index (χ1n) is 7.21. The van der Waals surface area contributed by atoms with Crippen LogP contribution in [-0.2, 0) is 12.6 Å². The van der Waals surface area contributed by atoms with Gasteiger partial charge in [0.1, 0.15) is 5.56 Å². The summed E-state index contributed by atoms with van der Waals surface area (Å²) < 4.78 is 49.5. The normalized spacial score (nSPS) is 16.6. The van der Waals surface area contributed by atoms with Gasteiger partial charge < -0.3 is 19.7 Å². The van der Waals surface area contributed by atoms with Gasteiger partial charge in [-0.05, 0) is 24.1 Å². The van der Waals surface area contributed by atoms with Crippen molar-refractivity contribution in [3.63, 3.8) is 0 Å². The zero-order chi connectivity index (χ0) is 16.2. The van der Waals surface area contributed by atoms with E-state index in [0.29, 0.717) is 12.0 Å². The van der Waals surface area contributed by atoms with Gasteiger partial charge in [0.15, 0.2) is 11.5 Å². The van der Waals surface area contributed by atoms with Crippen LogP contribution in [-0.4, -0.2) is 51.8 Å². The van der Waals surface area contributed by atoms with E-state index >= 15 is 0 Å². The van der Waals surface area contributed by atoms with Crippen LogP contribution >= 0.6 is 0 Å². The Bertz CT molecular complexity index is 500. The van der Waals surface area contributed by atoms with Gasteiger partial charge in [-0.3, -0.25) is 0 Å². The Morgan fingerprint density at radius 2 is 1.82 bits per heavy atom. The number of rotatable bonds is 5. The molecule has 1 aliphatic rings. The minimum absolute atomic E-state index is 0.118. The fourth-order valence-corrected chi connectivity index (χ4v) is 2.60. The van der Waals surface area contributed by atoms with Crippen molar-refractivity contribution in [2.45, 2.75) is 12.6 Å². The lowest BCUT2D eigenvalue weighted by Gasteiger charge is -2.27. The van der Waals surface area contributed by atoms with Crippen LogP contribution in [0.15, 0.2) is 12.1 Å². The van der Waals surface area contributed by atoms with Crippen LogP contribution in [0.3, 0.4) is 0 Å². The van der Waals surface area contributed by atoms with Crippen LogP contribution in [0.5, 0.6) is 11.5 Å². The standard InChI is InChI=1S/C15H21F3N2O2/c1-21-13-10-11(3-6-20-7-4-19-5-8-20)9-12(14(13)22-2)15(16,17)18/h9-10,19H,3-8H2,1-2H3. The van der Waals surface area contributed by atoms with E-state index < -0.39 is 11.7 Å². The average Bonchev–Trinajstić information content (AvgIpc) is 2.52. The average molecular weight is 318 g/mol. The highest BCUT2D eigenvalue weighted by Crippen LogP contribution is 2.42. The molecule has 0 amide bonds. The van der Waals surface area contributed by atoms with Gasteiger partial charge in [-0.15, -0.1) is 0 Å². The number of piperazine rings is 1. The van der Waals surface area contributed by atoms with Crippen molar-refractivity contribution in [3.05, 3.63) is 23.3 Å². The molecule has 1 fully saturated rings. The maximum absolute atomic E-state index is 13.2. The minimum Gasteiger partial charge on any atom is -0.493 e. The second-order valence-corrected chi connectivity index (χ2v) is 5.22. The SMILES string of the molecule is COc1cc(CCN2CCNCC2)cc(C(F)(F)F)c1OC. The van der Waals surface area contributed by atoms with E-state index in [1.165, 1.54) is 14.2 Å². The molecule has 0 aromatic heterocycles. The monoisotopic (exact) mass is 318 g/mol. The summed E-state index contributed by atoms with van der Waals surface area (Å²) >= 11 is 0. The first-order chi connectivity index (χ1) is 10.5. The molecule has 1 saturated heterocycles. The Kier molecular flexibility index (Phi) is 5.52. The molecule has 1 aromatic rings. The summed E-state index contributed by atoms with van der Waals surface area (Å²) in [7, 11) is 2.56. The Morgan fingerprint density at radius 1 is 1.14 bits per heavy atom. The summed E-state index contributed by atoms with van der Waals surface area (Å²) in [5.41, 5.74) is -0.187. The Hall–Kier alpha value is -1.47. The lowest BCUT2D eigenvalue weighted by molar-refractivity contribution is -0.138. The molecule has 1 aromatic carbocycles. The third-order valence-electron chi connectivity index (χ3n) is 3.77. The molecule has 0 aliphatic carbocycles. The summed E-state index contributed by atoms with van der Waals surface area (Å²) in [6, 6.07) is 2.78. The molecule has 1 aliphatic heterocycles. The summed E-state index contributed by atoms with van der Waals surface area (Å²) in [5.74, 6) is -0.145. The van der Waals surface area contributed by atoms with Crippen LogP contribution < -0.4 is 14.8 Å². The van der Waals surface area contributed by atoms with E-state index in [-0.39, 0.29) is 11.5 Å². The minimum atomic E-state index is -4.47. The maximum Gasteiger partial charge on any atom is 0.420 e. The van der Waals surface area contributed by atoms with Gasteiger partial charge in [0, 0.05) is 32.7 Å². The van der Waals surface area contributed by atoms with Crippen molar-refractivity contribution in [2.24, 2.45) is 0 Å². The van der Waals surface area contributed by atoms with E-state index in [1.54, 1.807) is 6.07 Å². The number of alkyl halides is 3. The molecule has 0 radical (unpaired) electrons. The zero-order valence-electron chi connectivity index (χ0n) is 12.8. The zero-order valence-corrected chi connectivity index (χ0v) is 12.8. The van der Waals surface area contributed by atoms with Crippen LogP contribution in [0.1, 0.15) is 11.1 Å². The van der Waals surface area contributed by atoms with E-state index in [0.717, 1.165) is 38.8 Å². The number of hydrogen-bond donors (Lipinski definition) is 1. The predicted molar refractivity (Wildman–Crippen MR) is 77.6 cm³/mol. The van der Waals surface area contributed by atoms with E-state index in [1.807, 2.05) is 0 Å². The highest BCUT2D eigenvalue weighted by Gasteiger charge is 2.36. The Labute approximate surface area is 128 Å². The lowest BCUT2D eigenvalue weighted by Crippen LogP contribution is -2.44. The lowest BCUT2D eigenvalue weighted by atomic mass is 10.0. The number of hydrogen-bond acceptors (Lipinski definition) is 4. The molecule has 0 atom stereocenters. The van der Waals surface area contributed by atoms with E-state index in [9.17, 15) is 13.2 Å². The molecule has 1 N–H and O–H groups in total. The molecule has 1 heterocycles. The first kappa shape index (κ1) is 16.9. The summed E-state index contributed by atoms with van der Waals surface area (Å²) in [4.78, 5) is 2.24. The highest BCUT2D eigenvalue weighted by atomic mass is 19.4. The first-order valence-corrected chi connectivity index (χ1v) is 7.21. The van der Waals surface area contributed by atoms with Gasteiger partial charge in [-0.2, -0.15) is 13.2 Å². The smallest absolute Gasteiger partial charge is 0.420 e. The fourth-order valence-electron chi connectivity index (χ4n) is 2.60. The van der Waals surface area contributed by atoms with Crippen molar-refractivity contribution in [1.82, 2.24) is 10.2 Å². The quantitative estimate of drug-likeness (QED) is 0.902. The highest BCUT2D eigenvalue weighted by molar-refractivity contribution is 5.51. The molecule has 0 spiro atoms. The molecule has 4 nitrogen and oxygen atoms in total. The van der Waals surface area contributed by atoms with Gasteiger partial charge in [-0.25, -0.2) is 0 Å². The van der Waals surface area contributed by atoms with Gasteiger partial charge in [-0.1, -0.05) is 0 Å². The molecule has 0 bridgehead atoms. The van der Waals surface area contributed by atoms with Gasteiger partial charge in [0.25, 0.3) is 0 Å². The van der Waals surface area contributed by atoms with Crippen molar-refractivity contribution >= 4 is 0 Å². The van der Waals surface area contributed by atoms with Crippen molar-refractivity contribution in [2.75, 3.05) is 46.9 Å². The maximum atomic E-state index is 13.2. The third kappa shape index (κ3) is 4.04. The summed E-state index contributed by atoms with van der Waals surface area (Å²) in [6.07, 6.45) is -3.92. The van der Waals surface area contributed by atoms with Crippen molar-refractivity contribution in [3.8, 4) is 11.5 Å². The van der Waals surface area contributed by atoms with Crippen LogP contribution in [0.25, 0.3) is 0 Å².